The highest BCUT2D eigenvalue weighted by molar-refractivity contribution is 7.99. The lowest BCUT2D eigenvalue weighted by Crippen LogP contribution is -2.11. The van der Waals surface area contributed by atoms with Crippen LogP contribution in [0.3, 0.4) is 0 Å². The lowest BCUT2D eigenvalue weighted by atomic mass is 10.0. The van der Waals surface area contributed by atoms with Crippen LogP contribution in [-0.2, 0) is 18.9 Å². The zero-order chi connectivity index (χ0) is 28.5. The molecule has 4 aromatic rings. The van der Waals surface area contributed by atoms with E-state index in [1.165, 1.54) is 29.6 Å². The summed E-state index contributed by atoms with van der Waals surface area (Å²) in [6, 6.07) is 8.09. The van der Waals surface area contributed by atoms with Crippen LogP contribution in [0.5, 0.6) is 5.75 Å². The molecular weight excluding hydrogens is 588 g/mol. The second-order valence-corrected chi connectivity index (χ2v) is 10.3. The van der Waals surface area contributed by atoms with Gasteiger partial charge in [-0.1, -0.05) is 29.4 Å². The number of rotatable bonds is 7. The molecule has 0 aliphatic carbocycles. The van der Waals surface area contributed by atoms with Crippen molar-refractivity contribution in [3.8, 4) is 17.1 Å². The monoisotopic (exact) mass is 605 g/mol. The minimum Gasteiger partial charge on any atom is -0.497 e. The van der Waals surface area contributed by atoms with Crippen molar-refractivity contribution in [1.82, 2.24) is 24.7 Å². The Labute approximate surface area is 232 Å². The van der Waals surface area contributed by atoms with Gasteiger partial charge in [-0.3, -0.25) is 0 Å². The van der Waals surface area contributed by atoms with E-state index in [4.69, 9.17) is 16.3 Å². The molecule has 206 valence electrons. The first-order valence-electron chi connectivity index (χ1n) is 10.9. The third-order valence-corrected chi connectivity index (χ3v) is 6.84. The number of ether oxygens (including phenoxy) is 1. The number of hydrogen-bond donors (Lipinski definition) is 0. The molecule has 0 unspecified atom stereocenters. The molecule has 0 spiro atoms. The number of aryl methyl sites for hydroxylation is 1. The molecule has 2 aromatic carbocycles. The predicted octanol–water partition coefficient (Wildman–Crippen LogP) is 7.66. The summed E-state index contributed by atoms with van der Waals surface area (Å²) in [7, 11) is 1.50. The van der Waals surface area contributed by atoms with Crippen molar-refractivity contribution in [2.75, 3.05) is 13.4 Å². The summed E-state index contributed by atoms with van der Waals surface area (Å²) in [5.41, 5.74) is -1.78. The average Bonchev–Trinajstić information content (AvgIpc) is 3.23. The van der Waals surface area contributed by atoms with Gasteiger partial charge in [0.15, 0.2) is 16.1 Å². The fraction of sp³-hybridized carbons (Fsp3) is 0.250. The van der Waals surface area contributed by atoms with Crippen LogP contribution in [-0.4, -0.2) is 38.1 Å². The van der Waals surface area contributed by atoms with Crippen molar-refractivity contribution in [2.45, 2.75) is 41.2 Å². The Hall–Kier alpha value is -2.97. The SMILES string of the molecule is COc1cc(C)cc(Cn2nc(-c3cc(C(F)(F)F)cc(C(F)(F)F)c3)nc2Sc2cc(Cl)nc(SC)n2)c1. The molecule has 39 heavy (non-hydrogen) atoms. The molecule has 0 aliphatic heterocycles. The molecule has 0 aliphatic rings. The minimum atomic E-state index is -5.01. The van der Waals surface area contributed by atoms with E-state index in [-0.39, 0.29) is 28.7 Å². The highest BCUT2D eigenvalue weighted by Crippen LogP contribution is 2.39. The first-order valence-corrected chi connectivity index (χ1v) is 13.3. The Balaban J connectivity index is 1.85. The zero-order valence-electron chi connectivity index (χ0n) is 20.4. The molecule has 0 saturated heterocycles. The van der Waals surface area contributed by atoms with Gasteiger partial charge in [-0.05, 0) is 66.4 Å². The summed E-state index contributed by atoms with van der Waals surface area (Å²) in [5, 5.41) is 5.34. The first kappa shape index (κ1) is 29.0. The summed E-state index contributed by atoms with van der Waals surface area (Å²) in [6.07, 6.45) is -8.28. The minimum absolute atomic E-state index is 0.0575. The van der Waals surface area contributed by atoms with E-state index in [2.05, 4.69) is 20.1 Å². The number of benzene rings is 2. The van der Waals surface area contributed by atoms with Crippen LogP contribution in [0, 0.1) is 6.92 Å². The molecule has 0 radical (unpaired) electrons. The van der Waals surface area contributed by atoms with Gasteiger partial charge in [0, 0.05) is 11.6 Å². The van der Waals surface area contributed by atoms with Crippen molar-refractivity contribution in [3.63, 3.8) is 0 Å². The normalized spacial score (nSPS) is 12.2. The van der Waals surface area contributed by atoms with Crippen LogP contribution in [0.2, 0.25) is 5.15 Å². The summed E-state index contributed by atoms with van der Waals surface area (Å²) in [6.45, 7) is 1.94. The van der Waals surface area contributed by atoms with Gasteiger partial charge in [0.1, 0.15) is 15.9 Å². The Morgan fingerprint density at radius 1 is 0.897 bits per heavy atom. The molecule has 0 saturated carbocycles. The van der Waals surface area contributed by atoms with Crippen molar-refractivity contribution in [3.05, 3.63) is 69.9 Å². The molecule has 2 heterocycles. The summed E-state index contributed by atoms with van der Waals surface area (Å²) < 4.78 is 87.5. The summed E-state index contributed by atoms with van der Waals surface area (Å²) >= 11 is 8.32. The van der Waals surface area contributed by atoms with Crippen molar-refractivity contribution < 1.29 is 31.1 Å². The van der Waals surface area contributed by atoms with Gasteiger partial charge >= 0.3 is 12.4 Å². The van der Waals surface area contributed by atoms with E-state index in [9.17, 15) is 26.3 Å². The van der Waals surface area contributed by atoms with Gasteiger partial charge < -0.3 is 4.74 Å². The van der Waals surface area contributed by atoms with Crippen LogP contribution < -0.4 is 4.74 Å². The average molecular weight is 606 g/mol. The molecule has 4 rings (SSSR count). The van der Waals surface area contributed by atoms with Crippen LogP contribution >= 0.6 is 35.1 Å². The Kier molecular flexibility index (Phi) is 8.38. The van der Waals surface area contributed by atoms with E-state index >= 15 is 0 Å². The number of aromatic nitrogens is 5. The molecular formula is C24H18ClF6N5OS2. The Morgan fingerprint density at radius 3 is 2.15 bits per heavy atom. The second kappa shape index (κ2) is 11.3. The lowest BCUT2D eigenvalue weighted by Gasteiger charge is -2.13. The lowest BCUT2D eigenvalue weighted by molar-refractivity contribution is -0.143. The van der Waals surface area contributed by atoms with E-state index in [0.717, 1.165) is 22.9 Å². The van der Waals surface area contributed by atoms with Crippen molar-refractivity contribution in [1.29, 1.82) is 0 Å². The van der Waals surface area contributed by atoms with E-state index < -0.39 is 29.0 Å². The molecule has 0 atom stereocenters. The number of thioether (sulfide) groups is 1. The second-order valence-electron chi connectivity index (χ2n) is 8.15. The molecule has 15 heteroatoms. The maximum atomic E-state index is 13.5. The fourth-order valence-corrected chi connectivity index (χ4v) is 5.10. The third kappa shape index (κ3) is 7.17. The van der Waals surface area contributed by atoms with Gasteiger partial charge in [-0.2, -0.15) is 26.3 Å². The van der Waals surface area contributed by atoms with E-state index in [1.807, 2.05) is 13.0 Å². The van der Waals surface area contributed by atoms with Gasteiger partial charge in [-0.25, -0.2) is 19.6 Å². The third-order valence-electron chi connectivity index (χ3n) is 5.19. The number of halogens is 7. The highest BCUT2D eigenvalue weighted by atomic mass is 35.5. The topological polar surface area (TPSA) is 65.7 Å². The van der Waals surface area contributed by atoms with Gasteiger partial charge in [-0.15, -0.1) is 5.10 Å². The Morgan fingerprint density at radius 2 is 1.56 bits per heavy atom. The largest absolute Gasteiger partial charge is 0.497 e. The van der Waals surface area contributed by atoms with E-state index in [0.29, 0.717) is 28.1 Å². The van der Waals surface area contributed by atoms with Crippen molar-refractivity contribution >= 4 is 35.1 Å². The molecule has 0 amide bonds. The number of alkyl halides is 6. The quantitative estimate of drug-likeness (QED) is 0.0927. The van der Waals surface area contributed by atoms with Crippen LogP contribution in [0.4, 0.5) is 26.3 Å². The van der Waals surface area contributed by atoms with Crippen molar-refractivity contribution in [2.24, 2.45) is 0 Å². The Bertz CT molecular complexity index is 1400. The van der Waals surface area contributed by atoms with Crippen LogP contribution in [0.1, 0.15) is 22.3 Å². The van der Waals surface area contributed by atoms with E-state index in [1.54, 1.807) is 18.4 Å². The highest BCUT2D eigenvalue weighted by Gasteiger charge is 2.37. The molecule has 0 N–H and O–H groups in total. The predicted molar refractivity (Wildman–Crippen MR) is 135 cm³/mol. The smallest absolute Gasteiger partial charge is 0.416 e. The summed E-state index contributed by atoms with van der Waals surface area (Å²) in [5.74, 6) is 0.249. The van der Waals surface area contributed by atoms with Crippen LogP contribution in [0.15, 0.2) is 57.8 Å². The fourth-order valence-electron chi connectivity index (χ4n) is 3.53. The number of methoxy groups -OCH3 is 1. The first-order chi connectivity index (χ1) is 18.2. The van der Waals surface area contributed by atoms with Gasteiger partial charge in [0.25, 0.3) is 0 Å². The maximum Gasteiger partial charge on any atom is 0.416 e. The zero-order valence-corrected chi connectivity index (χ0v) is 22.7. The molecule has 0 fully saturated rings. The molecule has 6 nitrogen and oxygen atoms in total. The standard InChI is InChI=1S/C24H18ClF6N5OS2/c1-12-4-13(6-17(5-12)37-2)11-36-22(39-19-10-18(25)32-21(33-19)38-3)34-20(35-36)14-7-15(23(26,27)28)9-16(8-14)24(29,30)31/h4-10H,11H2,1-3H3. The molecule has 0 bridgehead atoms. The molecule has 2 aromatic heterocycles. The summed E-state index contributed by atoms with van der Waals surface area (Å²) in [4.78, 5) is 12.7. The number of hydrogen-bond acceptors (Lipinski definition) is 7. The van der Waals surface area contributed by atoms with Gasteiger partial charge in [0.05, 0.1) is 24.8 Å². The van der Waals surface area contributed by atoms with Gasteiger partial charge in [0.2, 0.25) is 0 Å². The van der Waals surface area contributed by atoms with Crippen LogP contribution in [0.25, 0.3) is 11.4 Å². The maximum absolute atomic E-state index is 13.5. The number of nitrogens with zero attached hydrogens (tertiary/aromatic N) is 5.